The Morgan fingerprint density at radius 3 is 2.85 bits per heavy atom. The maximum absolute atomic E-state index is 12.7. The predicted molar refractivity (Wildman–Crippen MR) is 93.0 cm³/mol. The summed E-state index contributed by atoms with van der Waals surface area (Å²) < 4.78 is 16.2. The number of carbonyl (C=O) groups is 2. The number of hydrogen-bond acceptors (Lipinski definition) is 7. The molecule has 0 bridgehead atoms. The second kappa shape index (κ2) is 5.77. The molecule has 2 fully saturated rings. The van der Waals surface area contributed by atoms with Crippen molar-refractivity contribution in [2.45, 2.75) is 30.7 Å². The Hall–Kier alpha value is -2.48. The number of nitrogens with zero attached hydrogens (tertiary/aromatic N) is 1. The Balaban J connectivity index is 1.37. The highest BCUT2D eigenvalue weighted by molar-refractivity contribution is 8.14. The van der Waals surface area contributed by atoms with Gasteiger partial charge in [-0.05, 0) is 37.5 Å². The molecule has 1 amide bonds. The lowest BCUT2D eigenvalue weighted by atomic mass is 9.99. The lowest BCUT2D eigenvalue weighted by Gasteiger charge is -2.15. The van der Waals surface area contributed by atoms with Crippen molar-refractivity contribution in [2.75, 3.05) is 12.5 Å². The molecule has 2 aliphatic heterocycles. The highest BCUT2D eigenvalue weighted by atomic mass is 32.2. The molecular formula is C18H16N2O5S. The van der Waals surface area contributed by atoms with E-state index < -0.39 is 5.41 Å². The number of fused-ring (bicyclic) bond motifs is 1. The van der Waals surface area contributed by atoms with Crippen molar-refractivity contribution in [3.63, 3.8) is 0 Å². The van der Waals surface area contributed by atoms with Crippen molar-refractivity contribution < 1.29 is 23.6 Å². The average molecular weight is 372 g/mol. The molecule has 3 aliphatic rings. The number of carbonyl (C=O) groups excluding carboxylic acids is 2. The highest BCUT2D eigenvalue weighted by Gasteiger charge is 2.54. The first kappa shape index (κ1) is 15.7. The summed E-state index contributed by atoms with van der Waals surface area (Å²) in [4.78, 5) is 24.5. The number of hydrogen-bond donors (Lipinski definition) is 1. The molecule has 1 atom stereocenters. The van der Waals surface area contributed by atoms with Crippen LogP contribution in [0.5, 0.6) is 11.5 Å². The first-order chi connectivity index (χ1) is 12.7. The zero-order chi connectivity index (χ0) is 17.7. The van der Waals surface area contributed by atoms with Crippen LogP contribution in [0.25, 0.3) is 11.3 Å². The molecule has 3 heterocycles. The third-order valence-corrected chi connectivity index (χ3v) is 6.09. The summed E-state index contributed by atoms with van der Waals surface area (Å²) in [6.45, 7) is 0.210. The van der Waals surface area contributed by atoms with E-state index in [2.05, 4.69) is 10.5 Å². The lowest BCUT2D eigenvalue weighted by molar-refractivity contribution is -0.126. The van der Waals surface area contributed by atoms with Gasteiger partial charge in [0.15, 0.2) is 17.3 Å². The molecule has 0 spiro atoms. The van der Waals surface area contributed by atoms with Crippen molar-refractivity contribution >= 4 is 22.8 Å². The van der Waals surface area contributed by atoms with Gasteiger partial charge in [-0.2, -0.15) is 0 Å². The smallest absolute Gasteiger partial charge is 0.233 e. The van der Waals surface area contributed by atoms with Gasteiger partial charge in [0.1, 0.15) is 0 Å². The second-order valence-electron chi connectivity index (χ2n) is 6.71. The van der Waals surface area contributed by atoms with Crippen molar-refractivity contribution in [3.8, 4) is 22.8 Å². The standard InChI is InChI=1S/C18H16N2O5S/c21-16-11(3-6-26-16)19-17(22)18(4-5-18)15-8-13(25-20-15)10-1-2-12-14(7-10)24-9-23-12/h1-2,7-8,11H,3-6,9H2,(H,19,22). The molecule has 7 nitrogen and oxygen atoms in total. The van der Waals surface area contributed by atoms with E-state index in [-0.39, 0.29) is 23.9 Å². The quantitative estimate of drug-likeness (QED) is 0.880. The highest BCUT2D eigenvalue weighted by Crippen LogP contribution is 2.49. The molecular weight excluding hydrogens is 356 g/mol. The fourth-order valence-corrected chi connectivity index (χ4v) is 4.27. The molecule has 1 saturated heterocycles. The summed E-state index contributed by atoms with van der Waals surface area (Å²) in [5, 5.41) is 7.06. The fourth-order valence-electron chi connectivity index (χ4n) is 3.33. The summed E-state index contributed by atoms with van der Waals surface area (Å²) in [6.07, 6.45) is 2.10. The van der Waals surface area contributed by atoms with Crippen LogP contribution < -0.4 is 14.8 Å². The Bertz CT molecular complexity index is 905. The number of thioether (sulfide) groups is 1. The van der Waals surface area contributed by atoms with E-state index in [1.807, 2.05) is 18.2 Å². The fraction of sp³-hybridized carbons (Fsp3) is 0.389. The van der Waals surface area contributed by atoms with E-state index in [0.29, 0.717) is 42.2 Å². The molecule has 134 valence electrons. The lowest BCUT2D eigenvalue weighted by Crippen LogP contribution is -2.43. The Kier molecular flexibility index (Phi) is 3.49. The largest absolute Gasteiger partial charge is 0.454 e. The molecule has 2 aromatic rings. The number of ether oxygens (including phenoxy) is 2. The third kappa shape index (κ3) is 2.47. The van der Waals surface area contributed by atoms with Crippen molar-refractivity contribution in [2.24, 2.45) is 0 Å². The molecule has 1 saturated carbocycles. The predicted octanol–water partition coefficient (Wildman–Crippen LogP) is 2.25. The first-order valence-electron chi connectivity index (χ1n) is 8.51. The van der Waals surface area contributed by atoms with Crippen LogP contribution in [0.3, 0.4) is 0 Å². The van der Waals surface area contributed by atoms with E-state index in [4.69, 9.17) is 14.0 Å². The average Bonchev–Trinajstić information content (AvgIpc) is 3.02. The number of nitrogens with one attached hydrogen (secondary N) is 1. The number of amides is 1. The molecule has 8 heteroatoms. The van der Waals surface area contributed by atoms with Gasteiger partial charge in [-0.15, -0.1) is 0 Å². The third-order valence-electron chi connectivity index (χ3n) is 5.08. The summed E-state index contributed by atoms with van der Waals surface area (Å²) in [7, 11) is 0. The van der Waals surface area contributed by atoms with E-state index in [9.17, 15) is 9.59 Å². The number of benzene rings is 1. The van der Waals surface area contributed by atoms with E-state index >= 15 is 0 Å². The van der Waals surface area contributed by atoms with Crippen LogP contribution in [0, 0.1) is 0 Å². The molecule has 1 aromatic heterocycles. The number of rotatable bonds is 4. The van der Waals surface area contributed by atoms with Crippen LogP contribution in [0.2, 0.25) is 0 Å². The van der Waals surface area contributed by atoms with Gasteiger partial charge in [0.25, 0.3) is 0 Å². The minimum atomic E-state index is -0.675. The molecule has 1 N–H and O–H groups in total. The van der Waals surface area contributed by atoms with E-state index in [0.717, 1.165) is 11.3 Å². The Morgan fingerprint density at radius 2 is 2.08 bits per heavy atom. The summed E-state index contributed by atoms with van der Waals surface area (Å²) in [5.41, 5.74) is 0.748. The van der Waals surface area contributed by atoms with Crippen molar-refractivity contribution in [1.29, 1.82) is 0 Å². The normalized spacial score (nSPS) is 22.5. The monoisotopic (exact) mass is 372 g/mol. The molecule has 1 unspecified atom stereocenters. The zero-order valence-electron chi connectivity index (χ0n) is 13.8. The van der Waals surface area contributed by atoms with Crippen molar-refractivity contribution in [1.82, 2.24) is 10.5 Å². The molecule has 1 aliphatic carbocycles. The van der Waals surface area contributed by atoms with E-state index in [1.165, 1.54) is 11.8 Å². The number of aromatic nitrogens is 1. The van der Waals surface area contributed by atoms with Gasteiger partial charge in [-0.25, -0.2) is 0 Å². The van der Waals surface area contributed by atoms with Crippen LogP contribution in [-0.4, -0.2) is 34.8 Å². The molecule has 5 rings (SSSR count). The van der Waals surface area contributed by atoms with Gasteiger partial charge >= 0.3 is 0 Å². The molecule has 26 heavy (non-hydrogen) atoms. The second-order valence-corrected chi connectivity index (χ2v) is 7.81. The Labute approximate surface area is 153 Å². The van der Waals surface area contributed by atoms with Gasteiger partial charge in [0, 0.05) is 17.4 Å². The molecule has 0 radical (unpaired) electrons. The van der Waals surface area contributed by atoms with Crippen LogP contribution in [0.1, 0.15) is 25.0 Å². The first-order valence-corrected chi connectivity index (χ1v) is 9.49. The van der Waals surface area contributed by atoms with Crippen LogP contribution in [0.4, 0.5) is 0 Å². The van der Waals surface area contributed by atoms with Gasteiger partial charge in [-0.3, -0.25) is 9.59 Å². The maximum Gasteiger partial charge on any atom is 0.233 e. The van der Waals surface area contributed by atoms with E-state index in [1.54, 1.807) is 6.07 Å². The van der Waals surface area contributed by atoms with Crippen LogP contribution in [0.15, 0.2) is 28.8 Å². The zero-order valence-corrected chi connectivity index (χ0v) is 14.6. The topological polar surface area (TPSA) is 90.7 Å². The minimum Gasteiger partial charge on any atom is -0.454 e. The summed E-state index contributed by atoms with van der Waals surface area (Å²) in [5.74, 6) is 2.56. The van der Waals surface area contributed by atoms with Crippen LogP contribution >= 0.6 is 11.8 Å². The van der Waals surface area contributed by atoms with Crippen LogP contribution in [-0.2, 0) is 15.0 Å². The van der Waals surface area contributed by atoms with Crippen molar-refractivity contribution in [3.05, 3.63) is 30.0 Å². The van der Waals surface area contributed by atoms with Gasteiger partial charge in [-0.1, -0.05) is 16.9 Å². The van der Waals surface area contributed by atoms with Gasteiger partial charge in [0.2, 0.25) is 17.8 Å². The Morgan fingerprint density at radius 1 is 1.23 bits per heavy atom. The minimum absolute atomic E-state index is 0.0374. The SMILES string of the molecule is O=C1SCCC1NC(=O)C1(c2cc(-c3ccc4c(c3)OCO4)on2)CC1. The molecule has 1 aromatic carbocycles. The maximum atomic E-state index is 12.7. The summed E-state index contributed by atoms with van der Waals surface area (Å²) in [6, 6.07) is 6.94. The summed E-state index contributed by atoms with van der Waals surface area (Å²) >= 11 is 1.28. The van der Waals surface area contributed by atoms with Gasteiger partial charge < -0.3 is 19.3 Å². The van der Waals surface area contributed by atoms with Gasteiger partial charge in [0.05, 0.1) is 17.2 Å².